The van der Waals surface area contributed by atoms with E-state index in [1.54, 1.807) is 0 Å². The highest BCUT2D eigenvalue weighted by molar-refractivity contribution is 9.11. The molecule has 0 saturated heterocycles. The molecule has 0 aliphatic carbocycles. The number of benzene rings is 1. The normalized spacial score (nSPS) is 10.8. The van der Waals surface area contributed by atoms with E-state index in [1.165, 1.54) is 5.56 Å². The minimum absolute atomic E-state index is 0.707. The first-order chi connectivity index (χ1) is 8.90. The van der Waals surface area contributed by atoms with Crippen LogP contribution in [0.25, 0.3) is 0 Å². The van der Waals surface area contributed by atoms with E-state index in [-0.39, 0.29) is 0 Å². The SMILES string of the molecule is Cc1cc(Br)c(NCc2c(Br)c(C)nn2C)c(Br)c1. The summed E-state index contributed by atoms with van der Waals surface area (Å²) in [7, 11) is 1.95. The molecule has 19 heavy (non-hydrogen) atoms. The van der Waals surface area contributed by atoms with Crippen molar-refractivity contribution in [2.24, 2.45) is 7.05 Å². The van der Waals surface area contributed by atoms with E-state index < -0.39 is 0 Å². The van der Waals surface area contributed by atoms with E-state index in [2.05, 4.69) is 77.3 Å². The van der Waals surface area contributed by atoms with Crippen molar-refractivity contribution in [3.8, 4) is 0 Å². The predicted octanol–water partition coefficient (Wildman–Crippen LogP) is 4.94. The molecule has 0 fully saturated rings. The van der Waals surface area contributed by atoms with Crippen LogP contribution in [0.5, 0.6) is 0 Å². The number of hydrogen-bond acceptors (Lipinski definition) is 2. The van der Waals surface area contributed by atoms with Crippen LogP contribution in [0.2, 0.25) is 0 Å². The van der Waals surface area contributed by atoms with Crippen LogP contribution in [0, 0.1) is 13.8 Å². The summed E-state index contributed by atoms with van der Waals surface area (Å²) in [5.41, 5.74) is 4.39. The van der Waals surface area contributed by atoms with Crippen molar-refractivity contribution in [3.63, 3.8) is 0 Å². The Kier molecular flexibility index (Phi) is 4.74. The Bertz CT molecular complexity index is 597. The zero-order valence-corrected chi connectivity index (χ0v) is 15.6. The molecule has 1 aromatic heterocycles. The van der Waals surface area contributed by atoms with Gasteiger partial charge in [0.05, 0.1) is 28.1 Å². The van der Waals surface area contributed by atoms with E-state index in [1.807, 2.05) is 18.7 Å². The summed E-state index contributed by atoms with van der Waals surface area (Å²) in [6.07, 6.45) is 0. The van der Waals surface area contributed by atoms with E-state index >= 15 is 0 Å². The number of rotatable bonds is 3. The number of anilines is 1. The summed E-state index contributed by atoms with van der Waals surface area (Å²) < 4.78 is 5.05. The molecule has 0 aliphatic heterocycles. The number of halogens is 3. The summed E-state index contributed by atoms with van der Waals surface area (Å²) in [5, 5.41) is 7.82. The monoisotopic (exact) mass is 449 g/mol. The van der Waals surface area contributed by atoms with Crippen molar-refractivity contribution < 1.29 is 0 Å². The number of nitrogens with one attached hydrogen (secondary N) is 1. The third kappa shape index (κ3) is 3.23. The van der Waals surface area contributed by atoms with E-state index in [9.17, 15) is 0 Å². The van der Waals surface area contributed by atoms with E-state index in [0.717, 1.165) is 30.5 Å². The summed E-state index contributed by atoms with van der Waals surface area (Å²) in [4.78, 5) is 0. The molecule has 0 aliphatic rings. The van der Waals surface area contributed by atoms with Gasteiger partial charge in [-0.2, -0.15) is 5.10 Å². The van der Waals surface area contributed by atoms with Crippen molar-refractivity contribution in [1.29, 1.82) is 0 Å². The highest BCUT2D eigenvalue weighted by atomic mass is 79.9. The lowest BCUT2D eigenvalue weighted by molar-refractivity contribution is 0.712. The summed E-state index contributed by atoms with van der Waals surface area (Å²) in [6, 6.07) is 4.19. The Hall–Kier alpha value is -0.330. The van der Waals surface area contributed by atoms with Crippen molar-refractivity contribution in [2.75, 3.05) is 5.32 Å². The van der Waals surface area contributed by atoms with Gasteiger partial charge in [-0.1, -0.05) is 0 Å². The Morgan fingerprint density at radius 1 is 1.16 bits per heavy atom. The zero-order valence-electron chi connectivity index (χ0n) is 10.9. The average molecular weight is 452 g/mol. The smallest absolute Gasteiger partial charge is 0.0739 e. The van der Waals surface area contributed by atoms with Gasteiger partial charge in [0.25, 0.3) is 0 Å². The molecular formula is C13H14Br3N3. The van der Waals surface area contributed by atoms with Crippen molar-refractivity contribution in [3.05, 3.63) is 42.5 Å². The fourth-order valence-corrected chi connectivity index (χ4v) is 4.08. The van der Waals surface area contributed by atoms with Gasteiger partial charge in [-0.25, -0.2) is 0 Å². The first-order valence-electron chi connectivity index (χ1n) is 5.77. The molecular weight excluding hydrogens is 438 g/mol. The van der Waals surface area contributed by atoms with Crippen LogP contribution in [-0.2, 0) is 13.6 Å². The summed E-state index contributed by atoms with van der Waals surface area (Å²) in [6.45, 7) is 4.77. The third-order valence-corrected chi connectivity index (χ3v) is 5.16. The van der Waals surface area contributed by atoms with Gasteiger partial charge in [-0.3, -0.25) is 4.68 Å². The van der Waals surface area contributed by atoms with Crippen LogP contribution >= 0.6 is 47.8 Å². The second-order valence-corrected chi connectivity index (χ2v) is 6.93. The minimum atomic E-state index is 0.707. The molecule has 0 spiro atoms. The quantitative estimate of drug-likeness (QED) is 0.716. The largest absolute Gasteiger partial charge is 0.378 e. The molecule has 0 amide bonds. The van der Waals surface area contributed by atoms with Crippen LogP contribution in [-0.4, -0.2) is 9.78 Å². The van der Waals surface area contributed by atoms with Crippen molar-refractivity contribution in [1.82, 2.24) is 9.78 Å². The standard InChI is InChI=1S/C13H14Br3N3/c1-7-4-9(14)13(10(15)5-7)17-6-11-12(16)8(2)18-19(11)3/h4-5,17H,6H2,1-3H3. The van der Waals surface area contributed by atoms with Crippen molar-refractivity contribution >= 4 is 53.5 Å². The Balaban J connectivity index is 2.24. The second-order valence-electron chi connectivity index (χ2n) is 4.43. The second kappa shape index (κ2) is 5.97. The fraction of sp³-hybridized carbons (Fsp3) is 0.308. The van der Waals surface area contributed by atoms with Crippen LogP contribution in [0.4, 0.5) is 5.69 Å². The molecule has 1 N–H and O–H groups in total. The van der Waals surface area contributed by atoms with Crippen LogP contribution in [0.1, 0.15) is 17.0 Å². The fourth-order valence-electron chi connectivity index (χ4n) is 1.91. The van der Waals surface area contributed by atoms with E-state index in [0.29, 0.717) is 6.54 Å². The lowest BCUT2D eigenvalue weighted by atomic mass is 10.2. The zero-order chi connectivity index (χ0) is 14.2. The molecule has 0 radical (unpaired) electrons. The number of aryl methyl sites for hydroxylation is 3. The molecule has 3 nitrogen and oxygen atoms in total. The molecule has 0 saturated carbocycles. The highest BCUT2D eigenvalue weighted by Gasteiger charge is 2.12. The Morgan fingerprint density at radius 2 is 1.74 bits per heavy atom. The molecule has 2 rings (SSSR count). The highest BCUT2D eigenvalue weighted by Crippen LogP contribution is 2.33. The lowest BCUT2D eigenvalue weighted by Crippen LogP contribution is -2.07. The summed E-state index contributed by atoms with van der Waals surface area (Å²) >= 11 is 10.8. The van der Waals surface area contributed by atoms with Gasteiger partial charge in [0.2, 0.25) is 0 Å². The van der Waals surface area contributed by atoms with Crippen molar-refractivity contribution in [2.45, 2.75) is 20.4 Å². The van der Waals surface area contributed by atoms with Gasteiger partial charge in [-0.05, 0) is 79.3 Å². The first-order valence-corrected chi connectivity index (χ1v) is 8.15. The van der Waals surface area contributed by atoms with Gasteiger partial charge in [0.1, 0.15) is 0 Å². The molecule has 0 unspecified atom stereocenters. The number of nitrogens with zero attached hydrogens (tertiary/aromatic N) is 2. The maximum absolute atomic E-state index is 4.39. The Labute approximate surface area is 138 Å². The minimum Gasteiger partial charge on any atom is -0.378 e. The predicted molar refractivity (Wildman–Crippen MR) is 89.6 cm³/mol. The maximum atomic E-state index is 4.39. The maximum Gasteiger partial charge on any atom is 0.0739 e. The lowest BCUT2D eigenvalue weighted by Gasteiger charge is -2.12. The van der Waals surface area contributed by atoms with Crippen LogP contribution in [0.3, 0.4) is 0 Å². The average Bonchev–Trinajstić information content (AvgIpc) is 2.53. The molecule has 2 aromatic rings. The molecule has 102 valence electrons. The van der Waals surface area contributed by atoms with Crippen LogP contribution in [0.15, 0.2) is 25.6 Å². The van der Waals surface area contributed by atoms with Gasteiger partial charge in [0, 0.05) is 16.0 Å². The molecule has 0 bridgehead atoms. The molecule has 1 heterocycles. The van der Waals surface area contributed by atoms with Gasteiger partial charge >= 0.3 is 0 Å². The Morgan fingerprint density at radius 3 is 2.21 bits per heavy atom. The van der Waals surface area contributed by atoms with Gasteiger partial charge < -0.3 is 5.32 Å². The van der Waals surface area contributed by atoms with Gasteiger partial charge in [0.15, 0.2) is 0 Å². The number of hydrogen-bond donors (Lipinski definition) is 1. The molecule has 0 atom stereocenters. The number of aromatic nitrogens is 2. The topological polar surface area (TPSA) is 29.9 Å². The first kappa shape index (κ1) is 15.1. The van der Waals surface area contributed by atoms with Crippen LogP contribution < -0.4 is 5.32 Å². The molecule has 1 aromatic carbocycles. The summed E-state index contributed by atoms with van der Waals surface area (Å²) in [5.74, 6) is 0. The van der Waals surface area contributed by atoms with E-state index in [4.69, 9.17) is 0 Å². The third-order valence-electron chi connectivity index (χ3n) is 2.88. The van der Waals surface area contributed by atoms with Gasteiger partial charge in [-0.15, -0.1) is 0 Å². The molecule has 6 heteroatoms.